The lowest BCUT2D eigenvalue weighted by atomic mass is 10.1. The van der Waals surface area contributed by atoms with E-state index in [1.54, 1.807) is 25.1 Å². The molecule has 0 radical (unpaired) electrons. The second-order valence-corrected chi connectivity index (χ2v) is 3.94. The Kier molecular flexibility index (Phi) is 4.48. The molecule has 1 aromatic rings. The lowest BCUT2D eigenvalue weighted by molar-refractivity contribution is -0.125. The third-order valence-corrected chi connectivity index (χ3v) is 2.72. The normalized spacial score (nSPS) is 11.9. The van der Waals surface area contributed by atoms with Crippen LogP contribution < -0.4 is 11.1 Å². The fourth-order valence-corrected chi connectivity index (χ4v) is 1.42. The van der Waals surface area contributed by atoms with Crippen molar-refractivity contribution in [3.05, 3.63) is 34.3 Å². The molecule has 17 heavy (non-hydrogen) atoms. The monoisotopic (exact) mass is 256 g/mol. The molecule has 1 aromatic carbocycles. The molecule has 92 valence electrons. The zero-order valence-electron chi connectivity index (χ0n) is 9.24. The number of hydrogen-bond acceptors (Lipinski definition) is 3. The molecule has 0 fully saturated rings. The van der Waals surface area contributed by atoms with Crippen molar-refractivity contribution in [2.75, 3.05) is 6.54 Å². The summed E-state index contributed by atoms with van der Waals surface area (Å²) in [5.74, 6) is -1.35. The Bertz CT molecular complexity index is 448. The number of benzene rings is 1. The summed E-state index contributed by atoms with van der Waals surface area (Å²) in [6, 6.07) is 5.03. The Morgan fingerprint density at radius 3 is 2.76 bits per heavy atom. The van der Waals surface area contributed by atoms with E-state index in [2.05, 4.69) is 5.32 Å². The van der Waals surface area contributed by atoms with Gasteiger partial charge in [-0.1, -0.05) is 23.7 Å². The van der Waals surface area contributed by atoms with Crippen LogP contribution in [-0.2, 0) is 4.79 Å². The average Bonchev–Trinajstić information content (AvgIpc) is 2.29. The highest BCUT2D eigenvalue weighted by Crippen LogP contribution is 2.19. The van der Waals surface area contributed by atoms with Crippen LogP contribution in [0.5, 0.6) is 0 Å². The Balaban J connectivity index is 2.71. The van der Waals surface area contributed by atoms with E-state index in [0.29, 0.717) is 10.6 Å². The SMILES string of the molecule is Cc1cccc(C(=O)NCC(O)C(N)=O)c1Cl. The van der Waals surface area contributed by atoms with Gasteiger partial charge >= 0.3 is 0 Å². The zero-order valence-corrected chi connectivity index (χ0v) is 9.99. The molecule has 0 saturated carbocycles. The van der Waals surface area contributed by atoms with Crippen LogP contribution in [0.2, 0.25) is 5.02 Å². The Morgan fingerprint density at radius 2 is 2.18 bits per heavy atom. The van der Waals surface area contributed by atoms with Crippen LogP contribution in [-0.4, -0.2) is 29.6 Å². The maximum Gasteiger partial charge on any atom is 0.252 e. The maximum atomic E-state index is 11.7. The van der Waals surface area contributed by atoms with Crippen LogP contribution in [0.1, 0.15) is 15.9 Å². The summed E-state index contributed by atoms with van der Waals surface area (Å²) < 4.78 is 0. The summed E-state index contributed by atoms with van der Waals surface area (Å²) in [5, 5.41) is 11.8. The third-order valence-electron chi connectivity index (χ3n) is 2.22. The van der Waals surface area contributed by atoms with Crippen molar-refractivity contribution in [3.63, 3.8) is 0 Å². The fraction of sp³-hybridized carbons (Fsp3) is 0.273. The molecular formula is C11H13ClN2O3. The number of aryl methyl sites for hydroxylation is 1. The molecule has 0 bridgehead atoms. The van der Waals surface area contributed by atoms with Crippen LogP contribution in [0, 0.1) is 6.92 Å². The Morgan fingerprint density at radius 1 is 1.53 bits per heavy atom. The van der Waals surface area contributed by atoms with Crippen LogP contribution in [0.3, 0.4) is 0 Å². The van der Waals surface area contributed by atoms with Gasteiger partial charge in [0.2, 0.25) is 5.91 Å². The number of carbonyl (C=O) groups is 2. The van der Waals surface area contributed by atoms with Crippen molar-refractivity contribution in [2.45, 2.75) is 13.0 Å². The predicted molar refractivity (Wildman–Crippen MR) is 63.7 cm³/mol. The van der Waals surface area contributed by atoms with Crippen molar-refractivity contribution >= 4 is 23.4 Å². The van der Waals surface area contributed by atoms with Crippen molar-refractivity contribution in [3.8, 4) is 0 Å². The highest BCUT2D eigenvalue weighted by molar-refractivity contribution is 6.34. The van der Waals surface area contributed by atoms with Crippen LogP contribution in [0.25, 0.3) is 0 Å². The fourth-order valence-electron chi connectivity index (χ4n) is 1.21. The molecule has 1 rings (SSSR count). The minimum atomic E-state index is -1.40. The molecule has 0 heterocycles. The smallest absolute Gasteiger partial charge is 0.252 e. The molecule has 0 aromatic heterocycles. The Hall–Kier alpha value is -1.59. The van der Waals surface area contributed by atoms with E-state index >= 15 is 0 Å². The van der Waals surface area contributed by atoms with E-state index in [0.717, 1.165) is 5.56 Å². The quantitative estimate of drug-likeness (QED) is 0.720. The highest BCUT2D eigenvalue weighted by Gasteiger charge is 2.15. The molecule has 2 amide bonds. The topological polar surface area (TPSA) is 92.4 Å². The first kappa shape index (κ1) is 13.5. The number of rotatable bonds is 4. The number of primary amides is 1. The standard InChI is InChI=1S/C11H13ClN2O3/c1-6-3-2-4-7(9(6)12)11(17)14-5-8(15)10(13)16/h2-4,8,15H,5H2,1H3,(H2,13,16)(H,14,17). The van der Waals surface area contributed by atoms with Crippen molar-refractivity contribution in [1.82, 2.24) is 5.32 Å². The maximum absolute atomic E-state index is 11.7. The number of carbonyl (C=O) groups excluding carboxylic acids is 2. The number of nitrogens with one attached hydrogen (secondary N) is 1. The molecule has 6 heteroatoms. The number of nitrogens with two attached hydrogens (primary N) is 1. The van der Waals surface area contributed by atoms with E-state index in [-0.39, 0.29) is 6.54 Å². The molecule has 5 nitrogen and oxygen atoms in total. The van der Waals surface area contributed by atoms with E-state index in [1.807, 2.05) is 0 Å². The van der Waals surface area contributed by atoms with Gasteiger partial charge in [0.25, 0.3) is 5.91 Å². The lowest BCUT2D eigenvalue weighted by Gasteiger charge is -2.10. The number of aliphatic hydroxyl groups excluding tert-OH is 1. The highest BCUT2D eigenvalue weighted by atomic mass is 35.5. The van der Waals surface area contributed by atoms with Gasteiger partial charge in [-0.05, 0) is 18.6 Å². The van der Waals surface area contributed by atoms with Crippen LogP contribution >= 0.6 is 11.6 Å². The minimum absolute atomic E-state index is 0.238. The predicted octanol–water partition coefficient (Wildman–Crippen LogP) is 0.224. The summed E-state index contributed by atoms with van der Waals surface area (Å²) in [4.78, 5) is 22.3. The first-order valence-electron chi connectivity index (χ1n) is 4.94. The number of halogens is 1. The van der Waals surface area contributed by atoms with E-state index in [9.17, 15) is 9.59 Å². The Labute approximate surface area is 104 Å². The first-order valence-corrected chi connectivity index (χ1v) is 5.32. The van der Waals surface area contributed by atoms with Gasteiger partial charge in [0.05, 0.1) is 17.1 Å². The van der Waals surface area contributed by atoms with Gasteiger partial charge in [-0.25, -0.2) is 0 Å². The summed E-state index contributed by atoms with van der Waals surface area (Å²) in [6.45, 7) is 1.54. The molecule has 1 atom stereocenters. The van der Waals surface area contributed by atoms with Crippen molar-refractivity contribution in [2.24, 2.45) is 5.73 Å². The molecular weight excluding hydrogens is 244 g/mol. The largest absolute Gasteiger partial charge is 0.381 e. The van der Waals surface area contributed by atoms with Crippen LogP contribution in [0.15, 0.2) is 18.2 Å². The zero-order chi connectivity index (χ0) is 13.0. The molecule has 0 saturated heterocycles. The van der Waals surface area contributed by atoms with E-state index in [1.165, 1.54) is 0 Å². The van der Waals surface area contributed by atoms with Gasteiger partial charge in [-0.2, -0.15) is 0 Å². The lowest BCUT2D eigenvalue weighted by Crippen LogP contribution is -2.40. The summed E-state index contributed by atoms with van der Waals surface area (Å²) >= 11 is 5.95. The summed E-state index contributed by atoms with van der Waals surface area (Å²) in [6.07, 6.45) is -1.40. The van der Waals surface area contributed by atoms with Gasteiger partial charge < -0.3 is 16.2 Å². The second kappa shape index (κ2) is 5.65. The van der Waals surface area contributed by atoms with Gasteiger partial charge in [0.15, 0.2) is 0 Å². The van der Waals surface area contributed by atoms with Crippen LogP contribution in [0.4, 0.5) is 0 Å². The molecule has 0 aliphatic rings. The third kappa shape index (κ3) is 3.44. The summed E-state index contributed by atoms with van der Waals surface area (Å²) in [5.41, 5.74) is 5.92. The minimum Gasteiger partial charge on any atom is -0.381 e. The van der Waals surface area contributed by atoms with Gasteiger partial charge in [0, 0.05) is 0 Å². The second-order valence-electron chi connectivity index (χ2n) is 3.56. The summed E-state index contributed by atoms with van der Waals surface area (Å²) in [7, 11) is 0. The average molecular weight is 257 g/mol. The molecule has 4 N–H and O–H groups in total. The number of amides is 2. The van der Waals surface area contributed by atoms with E-state index < -0.39 is 17.9 Å². The van der Waals surface area contributed by atoms with E-state index in [4.69, 9.17) is 22.4 Å². The molecule has 0 aliphatic heterocycles. The van der Waals surface area contributed by atoms with Gasteiger partial charge in [-0.3, -0.25) is 9.59 Å². The van der Waals surface area contributed by atoms with Gasteiger partial charge in [0.1, 0.15) is 6.10 Å². The molecule has 0 spiro atoms. The number of aliphatic hydroxyl groups is 1. The first-order chi connectivity index (χ1) is 7.93. The van der Waals surface area contributed by atoms with Crippen molar-refractivity contribution < 1.29 is 14.7 Å². The number of hydrogen-bond donors (Lipinski definition) is 3. The van der Waals surface area contributed by atoms with Crippen molar-refractivity contribution in [1.29, 1.82) is 0 Å². The molecule has 0 aliphatic carbocycles. The van der Waals surface area contributed by atoms with Gasteiger partial charge in [-0.15, -0.1) is 0 Å². The molecule has 1 unspecified atom stereocenters.